The Labute approximate surface area is 102 Å². The Kier molecular flexibility index (Phi) is 4.82. The summed E-state index contributed by atoms with van der Waals surface area (Å²) in [6, 6.07) is 0. The third kappa shape index (κ3) is 2.72. The number of Topliss-reactive ketones (excluding diaryl/α,β-unsaturated/α-hetero) is 2. The second-order valence-electron chi connectivity index (χ2n) is 4.48. The van der Waals surface area contributed by atoms with E-state index >= 15 is 0 Å². The fourth-order valence-corrected chi connectivity index (χ4v) is 2.12. The quantitative estimate of drug-likeness (QED) is 0.589. The van der Waals surface area contributed by atoms with Crippen molar-refractivity contribution in [2.45, 2.75) is 46.5 Å². The molecule has 0 aromatic rings. The molecule has 0 spiro atoms. The molecule has 0 heterocycles. The van der Waals surface area contributed by atoms with Gasteiger partial charge in [0.15, 0.2) is 11.6 Å². The molecule has 0 aliphatic heterocycles. The normalized spacial score (nSPS) is 17.2. The molecule has 0 unspecified atom stereocenters. The average Bonchev–Trinajstić information content (AvgIpc) is 2.32. The Hall–Kier alpha value is -1.22. The number of ketones is 2. The first-order valence-electron chi connectivity index (χ1n) is 6.14. The van der Waals surface area contributed by atoms with Gasteiger partial charge >= 0.3 is 0 Å². The number of allylic oxidation sites excluding steroid dienone is 3. The molecule has 1 aliphatic rings. The van der Waals surface area contributed by atoms with E-state index in [4.69, 9.17) is 0 Å². The first kappa shape index (κ1) is 13.8. The van der Waals surface area contributed by atoms with E-state index in [0.29, 0.717) is 23.1 Å². The maximum Gasteiger partial charge on any atom is 0.188 e. The zero-order valence-electron chi connectivity index (χ0n) is 10.8. The fourth-order valence-electron chi connectivity index (χ4n) is 2.12. The third-order valence-electron chi connectivity index (χ3n) is 3.32. The van der Waals surface area contributed by atoms with E-state index in [1.54, 1.807) is 13.8 Å². The van der Waals surface area contributed by atoms with Crippen molar-refractivity contribution >= 4 is 11.6 Å². The minimum Gasteiger partial charge on any atom is -0.392 e. The van der Waals surface area contributed by atoms with Crippen LogP contribution in [0.5, 0.6) is 0 Å². The minimum absolute atomic E-state index is 0.0971. The molecule has 0 saturated heterocycles. The van der Waals surface area contributed by atoms with Crippen molar-refractivity contribution in [3.05, 3.63) is 22.3 Å². The summed E-state index contributed by atoms with van der Waals surface area (Å²) >= 11 is 0. The summed E-state index contributed by atoms with van der Waals surface area (Å²) in [5.74, 6) is -0.238. The fraction of sp³-hybridized carbons (Fsp3) is 0.571. The van der Waals surface area contributed by atoms with Gasteiger partial charge in [-0.05, 0) is 26.7 Å². The van der Waals surface area contributed by atoms with E-state index < -0.39 is 0 Å². The van der Waals surface area contributed by atoms with E-state index in [1.165, 1.54) is 0 Å². The molecule has 3 nitrogen and oxygen atoms in total. The topological polar surface area (TPSA) is 54.4 Å². The number of aliphatic hydroxyl groups excluding tert-OH is 1. The van der Waals surface area contributed by atoms with Crippen LogP contribution in [0.15, 0.2) is 22.3 Å². The third-order valence-corrected chi connectivity index (χ3v) is 3.32. The van der Waals surface area contributed by atoms with Crippen molar-refractivity contribution in [1.29, 1.82) is 0 Å². The minimum atomic E-state index is -0.346. The maximum absolute atomic E-state index is 12.1. The SMILES string of the molecule is CCCCCC1=C(C)C(=O)C(C)=C(CO)C1=O. The van der Waals surface area contributed by atoms with Crippen LogP contribution >= 0.6 is 0 Å². The van der Waals surface area contributed by atoms with Crippen LogP contribution in [0, 0.1) is 0 Å². The van der Waals surface area contributed by atoms with Gasteiger partial charge in [-0.15, -0.1) is 0 Å². The lowest BCUT2D eigenvalue weighted by molar-refractivity contribution is -0.117. The van der Waals surface area contributed by atoms with Gasteiger partial charge in [-0.3, -0.25) is 9.59 Å². The van der Waals surface area contributed by atoms with Gasteiger partial charge in [0.1, 0.15) is 0 Å². The van der Waals surface area contributed by atoms with Gasteiger partial charge in [-0.2, -0.15) is 0 Å². The summed E-state index contributed by atoms with van der Waals surface area (Å²) in [5.41, 5.74) is 1.82. The molecule has 0 saturated carbocycles. The summed E-state index contributed by atoms with van der Waals surface area (Å²) in [6.07, 6.45) is 3.69. The molecule has 0 fully saturated rings. The highest BCUT2D eigenvalue weighted by Crippen LogP contribution is 2.27. The van der Waals surface area contributed by atoms with Gasteiger partial charge < -0.3 is 5.11 Å². The van der Waals surface area contributed by atoms with Crippen LogP contribution in [0.3, 0.4) is 0 Å². The van der Waals surface area contributed by atoms with Crippen molar-refractivity contribution < 1.29 is 14.7 Å². The van der Waals surface area contributed by atoms with Crippen molar-refractivity contribution in [1.82, 2.24) is 0 Å². The lowest BCUT2D eigenvalue weighted by atomic mass is 9.83. The standard InChI is InChI=1S/C14H20O3/c1-4-5-6-7-11-9(2)13(16)10(3)12(8-15)14(11)17/h15H,4-8H2,1-3H3. The lowest BCUT2D eigenvalue weighted by Crippen LogP contribution is -2.23. The molecule has 0 amide bonds. The highest BCUT2D eigenvalue weighted by atomic mass is 16.3. The zero-order valence-corrected chi connectivity index (χ0v) is 10.8. The van der Waals surface area contributed by atoms with Gasteiger partial charge in [0.2, 0.25) is 0 Å². The number of carbonyl (C=O) groups is 2. The predicted octanol–water partition coefficient (Wildman–Crippen LogP) is 2.34. The largest absolute Gasteiger partial charge is 0.392 e. The number of hydrogen-bond donors (Lipinski definition) is 1. The van der Waals surface area contributed by atoms with Gasteiger partial charge in [0.25, 0.3) is 0 Å². The number of rotatable bonds is 5. The van der Waals surface area contributed by atoms with Crippen molar-refractivity contribution in [3.8, 4) is 0 Å². The Morgan fingerprint density at radius 1 is 0.941 bits per heavy atom. The highest BCUT2D eigenvalue weighted by molar-refractivity contribution is 6.24. The monoisotopic (exact) mass is 236 g/mol. The first-order valence-corrected chi connectivity index (χ1v) is 6.14. The van der Waals surface area contributed by atoms with Crippen LogP contribution in [-0.2, 0) is 9.59 Å². The Balaban J connectivity index is 2.96. The molecule has 17 heavy (non-hydrogen) atoms. The number of hydrogen-bond acceptors (Lipinski definition) is 3. The molecule has 0 bridgehead atoms. The highest BCUT2D eigenvalue weighted by Gasteiger charge is 2.28. The van der Waals surface area contributed by atoms with Gasteiger partial charge in [0, 0.05) is 22.3 Å². The first-order chi connectivity index (χ1) is 8.04. The average molecular weight is 236 g/mol. The second-order valence-corrected chi connectivity index (χ2v) is 4.48. The van der Waals surface area contributed by atoms with E-state index in [1.807, 2.05) is 0 Å². The summed E-state index contributed by atoms with van der Waals surface area (Å²) in [6.45, 7) is 5.07. The summed E-state index contributed by atoms with van der Waals surface area (Å²) in [4.78, 5) is 24.0. The summed E-state index contributed by atoms with van der Waals surface area (Å²) in [5, 5.41) is 9.17. The van der Waals surface area contributed by atoms with E-state index in [2.05, 4.69) is 6.92 Å². The predicted molar refractivity (Wildman–Crippen MR) is 66.6 cm³/mol. The van der Waals surface area contributed by atoms with Crippen molar-refractivity contribution in [2.24, 2.45) is 0 Å². The summed E-state index contributed by atoms with van der Waals surface area (Å²) in [7, 11) is 0. The molecular weight excluding hydrogens is 216 g/mol. The molecule has 94 valence electrons. The second kappa shape index (κ2) is 5.92. The molecule has 1 aliphatic carbocycles. The van der Waals surface area contributed by atoms with Crippen LogP contribution in [-0.4, -0.2) is 23.3 Å². The lowest BCUT2D eigenvalue weighted by Gasteiger charge is -2.19. The van der Waals surface area contributed by atoms with E-state index in [-0.39, 0.29) is 23.7 Å². The number of carbonyl (C=O) groups excluding carboxylic acids is 2. The van der Waals surface area contributed by atoms with Crippen LogP contribution in [0.1, 0.15) is 46.5 Å². The Bertz CT molecular complexity index is 400. The number of unbranched alkanes of at least 4 members (excludes halogenated alkanes) is 2. The van der Waals surface area contributed by atoms with E-state index in [9.17, 15) is 14.7 Å². The molecule has 3 heteroatoms. The van der Waals surface area contributed by atoms with Crippen molar-refractivity contribution in [2.75, 3.05) is 6.61 Å². The molecule has 0 radical (unpaired) electrons. The van der Waals surface area contributed by atoms with E-state index in [0.717, 1.165) is 19.3 Å². The number of aliphatic hydroxyl groups is 1. The Morgan fingerprint density at radius 3 is 2.06 bits per heavy atom. The molecule has 0 atom stereocenters. The van der Waals surface area contributed by atoms with Crippen molar-refractivity contribution in [3.63, 3.8) is 0 Å². The maximum atomic E-state index is 12.1. The molecule has 1 N–H and O–H groups in total. The molecule has 0 aromatic heterocycles. The van der Waals surface area contributed by atoms with Crippen LogP contribution < -0.4 is 0 Å². The summed E-state index contributed by atoms with van der Waals surface area (Å²) < 4.78 is 0. The molecular formula is C14H20O3. The van der Waals surface area contributed by atoms with Gasteiger partial charge in [0.05, 0.1) is 6.61 Å². The van der Waals surface area contributed by atoms with Gasteiger partial charge in [-0.1, -0.05) is 19.8 Å². The molecule has 1 rings (SSSR count). The Morgan fingerprint density at radius 2 is 1.53 bits per heavy atom. The van der Waals surface area contributed by atoms with Crippen LogP contribution in [0.2, 0.25) is 0 Å². The van der Waals surface area contributed by atoms with Crippen LogP contribution in [0.25, 0.3) is 0 Å². The zero-order chi connectivity index (χ0) is 13.0. The smallest absolute Gasteiger partial charge is 0.188 e. The van der Waals surface area contributed by atoms with Gasteiger partial charge in [-0.25, -0.2) is 0 Å². The molecule has 0 aromatic carbocycles. The van der Waals surface area contributed by atoms with Crippen LogP contribution in [0.4, 0.5) is 0 Å².